The van der Waals surface area contributed by atoms with Gasteiger partial charge in [0, 0.05) is 19.8 Å². The molecule has 0 spiro atoms. The molecule has 1 aliphatic heterocycles. The topological polar surface area (TPSA) is 90.5 Å². The molecule has 1 fully saturated rings. The summed E-state index contributed by atoms with van der Waals surface area (Å²) in [6.45, 7) is 1.72. The maximum absolute atomic E-state index is 12.4. The Morgan fingerprint density at radius 1 is 1.19 bits per heavy atom. The molecule has 21 heavy (non-hydrogen) atoms. The molecule has 0 aliphatic carbocycles. The first-order valence-electron chi connectivity index (χ1n) is 6.74. The highest BCUT2D eigenvalue weighted by Gasteiger charge is 2.23. The van der Waals surface area contributed by atoms with Gasteiger partial charge in [0.15, 0.2) is 0 Å². The van der Waals surface area contributed by atoms with Crippen LogP contribution in [0.15, 0.2) is 29.1 Å². The lowest BCUT2D eigenvalue weighted by Gasteiger charge is -2.22. The van der Waals surface area contributed by atoms with Crippen molar-refractivity contribution in [3.63, 3.8) is 0 Å². The Hall–Kier alpha value is -1.64. The number of ether oxygens (including phenoxy) is 1. The van der Waals surface area contributed by atoms with Gasteiger partial charge in [-0.25, -0.2) is 4.79 Å². The van der Waals surface area contributed by atoms with Crippen LogP contribution in [0.3, 0.4) is 0 Å². The number of aromatic nitrogens is 2. The maximum atomic E-state index is 12.4. The number of hydrogen-bond donors (Lipinski definition) is 1. The summed E-state index contributed by atoms with van der Waals surface area (Å²) in [4.78, 5) is 12.4. The van der Waals surface area contributed by atoms with Gasteiger partial charge in [-0.15, -0.1) is 0 Å². The Morgan fingerprint density at radius 2 is 1.81 bits per heavy atom. The molecule has 3 rings (SSSR count). The van der Waals surface area contributed by atoms with Gasteiger partial charge in [-0.3, -0.25) is 9.12 Å². The molecule has 114 valence electrons. The summed E-state index contributed by atoms with van der Waals surface area (Å²) in [6.07, 6.45) is 1.66. The first kappa shape index (κ1) is 14.3. The van der Waals surface area contributed by atoms with Gasteiger partial charge in [0.1, 0.15) is 0 Å². The van der Waals surface area contributed by atoms with Crippen molar-refractivity contribution in [1.82, 2.24) is 8.54 Å². The molecule has 7 nitrogen and oxygen atoms in total. The van der Waals surface area contributed by atoms with Crippen LogP contribution in [0.4, 0.5) is 0 Å². The molecule has 0 unspecified atom stereocenters. The SMILES string of the molecule is O=c1n(CC2CCOCC2)c2ccccc2n1S(=O)(=O)O. The average molecular weight is 312 g/mol. The number of imidazole rings is 1. The first-order valence-corrected chi connectivity index (χ1v) is 8.14. The van der Waals surface area contributed by atoms with Crippen molar-refractivity contribution in [3.05, 3.63) is 34.7 Å². The number of nitrogens with zero attached hydrogens (tertiary/aromatic N) is 2. The molecule has 0 radical (unpaired) electrons. The fourth-order valence-corrected chi connectivity index (χ4v) is 3.47. The van der Waals surface area contributed by atoms with Crippen molar-refractivity contribution < 1.29 is 17.7 Å². The second-order valence-corrected chi connectivity index (χ2v) is 6.44. The lowest BCUT2D eigenvalue weighted by Crippen LogP contribution is -2.31. The monoisotopic (exact) mass is 312 g/mol. The Labute approximate surface area is 121 Å². The van der Waals surface area contributed by atoms with Gasteiger partial charge < -0.3 is 4.74 Å². The minimum Gasteiger partial charge on any atom is -0.381 e. The molecule has 2 heterocycles. The zero-order chi connectivity index (χ0) is 15.0. The van der Waals surface area contributed by atoms with Crippen LogP contribution in [-0.4, -0.2) is 34.7 Å². The molecule has 0 atom stereocenters. The van der Waals surface area contributed by atoms with Gasteiger partial charge in [0.25, 0.3) is 0 Å². The van der Waals surface area contributed by atoms with E-state index in [0.717, 1.165) is 12.8 Å². The van der Waals surface area contributed by atoms with E-state index in [2.05, 4.69) is 0 Å². The average Bonchev–Trinajstić information content (AvgIpc) is 2.73. The molecule has 1 saturated heterocycles. The van der Waals surface area contributed by atoms with Crippen LogP contribution >= 0.6 is 0 Å². The van der Waals surface area contributed by atoms with Gasteiger partial charge in [0.2, 0.25) is 0 Å². The lowest BCUT2D eigenvalue weighted by molar-refractivity contribution is 0.0613. The molecule has 1 N–H and O–H groups in total. The van der Waals surface area contributed by atoms with E-state index < -0.39 is 16.0 Å². The molecular formula is C13H16N2O5S. The third-order valence-corrected chi connectivity index (χ3v) is 4.62. The van der Waals surface area contributed by atoms with Crippen LogP contribution in [0.5, 0.6) is 0 Å². The normalized spacial score (nSPS) is 17.4. The van der Waals surface area contributed by atoms with Gasteiger partial charge in [-0.05, 0) is 30.9 Å². The minimum atomic E-state index is -4.62. The quantitative estimate of drug-likeness (QED) is 0.850. The van der Waals surface area contributed by atoms with Crippen LogP contribution < -0.4 is 5.69 Å². The van der Waals surface area contributed by atoms with Crippen molar-refractivity contribution in [2.24, 2.45) is 5.92 Å². The van der Waals surface area contributed by atoms with Crippen LogP contribution in [0.2, 0.25) is 0 Å². The van der Waals surface area contributed by atoms with E-state index in [1.807, 2.05) is 0 Å². The van der Waals surface area contributed by atoms with Crippen LogP contribution in [0.1, 0.15) is 12.8 Å². The summed E-state index contributed by atoms with van der Waals surface area (Å²) in [5.41, 5.74) is -0.0335. The highest BCUT2D eigenvalue weighted by atomic mass is 32.2. The number of hydrogen-bond acceptors (Lipinski definition) is 4. The maximum Gasteiger partial charge on any atom is 0.368 e. The van der Waals surface area contributed by atoms with E-state index in [4.69, 9.17) is 4.74 Å². The minimum absolute atomic E-state index is 0.192. The van der Waals surface area contributed by atoms with Crippen LogP contribution in [0.25, 0.3) is 11.0 Å². The number of para-hydroxylation sites is 2. The summed E-state index contributed by atoms with van der Waals surface area (Å²) in [7, 11) is -4.62. The molecule has 1 aromatic heterocycles. The Bertz CT molecular complexity index is 815. The number of benzene rings is 1. The molecule has 8 heteroatoms. The van der Waals surface area contributed by atoms with Crippen molar-refractivity contribution in [2.75, 3.05) is 13.2 Å². The number of fused-ring (bicyclic) bond motifs is 1. The smallest absolute Gasteiger partial charge is 0.368 e. The van der Waals surface area contributed by atoms with E-state index in [0.29, 0.717) is 29.2 Å². The fraction of sp³-hybridized carbons (Fsp3) is 0.462. The van der Waals surface area contributed by atoms with Crippen molar-refractivity contribution in [1.29, 1.82) is 0 Å². The zero-order valence-electron chi connectivity index (χ0n) is 11.3. The molecule has 1 aromatic carbocycles. The Balaban J connectivity index is 2.14. The molecular weight excluding hydrogens is 296 g/mol. The summed E-state index contributed by atoms with van der Waals surface area (Å²) < 4.78 is 39.4. The van der Waals surface area contributed by atoms with Gasteiger partial charge in [-0.2, -0.15) is 12.4 Å². The van der Waals surface area contributed by atoms with Crippen LogP contribution in [-0.2, 0) is 21.6 Å². The summed E-state index contributed by atoms with van der Waals surface area (Å²) in [5.74, 6) is 0.261. The first-order chi connectivity index (χ1) is 9.98. The predicted octanol–water partition coefficient (Wildman–Crippen LogP) is 0.880. The molecule has 1 aliphatic rings. The molecule has 2 aromatic rings. The van der Waals surface area contributed by atoms with Gasteiger partial charge in [0.05, 0.1) is 11.0 Å². The van der Waals surface area contributed by atoms with Gasteiger partial charge in [-0.1, -0.05) is 12.1 Å². The fourth-order valence-electron chi connectivity index (χ4n) is 2.77. The summed E-state index contributed by atoms with van der Waals surface area (Å²) in [6, 6.07) is 6.54. The van der Waals surface area contributed by atoms with E-state index in [-0.39, 0.29) is 11.4 Å². The van der Waals surface area contributed by atoms with Crippen molar-refractivity contribution >= 4 is 21.3 Å². The van der Waals surface area contributed by atoms with E-state index in [9.17, 15) is 17.8 Å². The zero-order valence-corrected chi connectivity index (χ0v) is 12.1. The van der Waals surface area contributed by atoms with Crippen LogP contribution in [0, 0.1) is 5.92 Å². The summed E-state index contributed by atoms with van der Waals surface area (Å²) >= 11 is 0. The van der Waals surface area contributed by atoms with E-state index in [1.165, 1.54) is 10.6 Å². The standard InChI is InChI=1S/C13H16N2O5S/c16-13-14(9-10-5-7-20-8-6-10)11-3-1-2-4-12(11)15(13)21(17,18)19/h1-4,10H,5-9H2,(H,17,18,19). The molecule has 0 saturated carbocycles. The van der Waals surface area contributed by atoms with Gasteiger partial charge >= 0.3 is 16.0 Å². The van der Waals surface area contributed by atoms with E-state index >= 15 is 0 Å². The Morgan fingerprint density at radius 3 is 2.43 bits per heavy atom. The van der Waals surface area contributed by atoms with E-state index in [1.54, 1.807) is 18.2 Å². The molecule has 0 amide bonds. The third kappa shape index (κ3) is 2.61. The second kappa shape index (κ2) is 5.28. The predicted molar refractivity (Wildman–Crippen MR) is 76.7 cm³/mol. The third-order valence-electron chi connectivity index (χ3n) is 3.81. The van der Waals surface area contributed by atoms with Crippen molar-refractivity contribution in [2.45, 2.75) is 19.4 Å². The largest absolute Gasteiger partial charge is 0.381 e. The highest BCUT2D eigenvalue weighted by Crippen LogP contribution is 2.20. The highest BCUT2D eigenvalue weighted by molar-refractivity contribution is 7.84. The second-order valence-electron chi connectivity index (χ2n) is 5.18. The molecule has 0 bridgehead atoms. The summed E-state index contributed by atoms with van der Waals surface area (Å²) in [5, 5.41) is 0. The Kier molecular flexibility index (Phi) is 3.60. The lowest BCUT2D eigenvalue weighted by atomic mass is 10.0. The van der Waals surface area contributed by atoms with Crippen molar-refractivity contribution in [3.8, 4) is 0 Å². The number of rotatable bonds is 3.